The number of fused-ring (bicyclic) bond motifs is 2. The summed E-state index contributed by atoms with van der Waals surface area (Å²) in [5.41, 5.74) is 6.93. The Labute approximate surface area is 312 Å². The van der Waals surface area contributed by atoms with E-state index in [1.165, 1.54) is 16.7 Å². The van der Waals surface area contributed by atoms with Crippen molar-refractivity contribution in [1.29, 1.82) is 0 Å². The lowest BCUT2D eigenvalue weighted by molar-refractivity contribution is -0.941. The molecule has 280 valence electrons. The van der Waals surface area contributed by atoms with E-state index in [-0.39, 0.29) is 18.5 Å². The highest BCUT2D eigenvalue weighted by molar-refractivity contribution is 5.66. The van der Waals surface area contributed by atoms with E-state index < -0.39 is 5.97 Å². The van der Waals surface area contributed by atoms with Gasteiger partial charge in [-0.3, -0.25) is 9.69 Å². The Balaban J connectivity index is 1.43. The zero-order valence-corrected chi connectivity index (χ0v) is 31.7. The molecule has 6 bridgehead atoms. The van der Waals surface area contributed by atoms with Gasteiger partial charge in [0.25, 0.3) is 0 Å². The van der Waals surface area contributed by atoms with Crippen LogP contribution in [0.15, 0.2) is 60.7 Å². The third kappa shape index (κ3) is 7.22. The van der Waals surface area contributed by atoms with Crippen molar-refractivity contribution in [3.63, 3.8) is 0 Å². The van der Waals surface area contributed by atoms with Gasteiger partial charge in [-0.25, -0.2) is 0 Å². The lowest BCUT2D eigenvalue weighted by Gasteiger charge is -2.46. The van der Waals surface area contributed by atoms with Crippen LogP contribution in [0, 0.1) is 0 Å². The molecule has 0 saturated carbocycles. The number of methoxy groups -OCH3 is 4. The number of aliphatic carboxylic acids is 1. The van der Waals surface area contributed by atoms with Crippen molar-refractivity contribution in [3.8, 4) is 46.0 Å². The number of likely N-dealkylation sites (N-methyl/N-ethyl adjacent to an activating group) is 2. The van der Waals surface area contributed by atoms with Gasteiger partial charge in [0.1, 0.15) is 11.8 Å². The lowest BCUT2D eigenvalue weighted by Crippen LogP contribution is -2.52. The van der Waals surface area contributed by atoms with Crippen LogP contribution in [0.3, 0.4) is 0 Å². The summed E-state index contributed by atoms with van der Waals surface area (Å²) in [5, 5.41) is 9.35. The maximum absolute atomic E-state index is 11.4. The molecule has 10 heteroatoms. The highest BCUT2D eigenvalue weighted by Crippen LogP contribution is 2.52. The van der Waals surface area contributed by atoms with Gasteiger partial charge in [0.2, 0.25) is 5.75 Å². The molecule has 0 amide bonds. The number of hydrogen-bond acceptors (Lipinski definition) is 8. The Morgan fingerprint density at radius 2 is 1.53 bits per heavy atom. The average Bonchev–Trinajstić information content (AvgIpc) is 3.15. The van der Waals surface area contributed by atoms with Gasteiger partial charge >= 0.3 is 5.97 Å². The van der Waals surface area contributed by atoms with Crippen LogP contribution in [0.5, 0.6) is 46.0 Å². The first kappa shape index (κ1) is 36.4. The largest absolute Gasteiger partial charge is 0.493 e. The number of ether oxygens (including phenoxy) is 6. The molecule has 0 aromatic heterocycles. The molecule has 0 fully saturated rings. The minimum atomic E-state index is -0.753. The van der Waals surface area contributed by atoms with E-state index in [1.807, 2.05) is 18.2 Å². The molecule has 4 aromatic rings. The van der Waals surface area contributed by atoms with E-state index in [4.69, 9.17) is 28.4 Å². The van der Waals surface area contributed by atoms with E-state index >= 15 is 0 Å². The maximum atomic E-state index is 11.4. The SMILES string of the molecule is COc1ccc2cc1Oc1ccc(cc1)CC1c3cc(c(OC)cc3CC[N+]1(C)CCCCC(=O)O)Oc1c(OC)c(OC)cc3c1C(C2)N(C)CC3. The third-order valence-corrected chi connectivity index (χ3v) is 11.5. The van der Waals surface area contributed by atoms with Crippen molar-refractivity contribution >= 4 is 5.97 Å². The Morgan fingerprint density at radius 1 is 0.811 bits per heavy atom. The van der Waals surface area contributed by atoms with Crippen LogP contribution in [0.2, 0.25) is 0 Å². The second-order valence-electron chi connectivity index (χ2n) is 14.7. The molecule has 53 heavy (non-hydrogen) atoms. The topological polar surface area (TPSA) is 95.9 Å². The first-order valence-corrected chi connectivity index (χ1v) is 18.5. The Morgan fingerprint density at radius 3 is 2.25 bits per heavy atom. The third-order valence-electron chi connectivity index (χ3n) is 11.5. The average molecular weight is 724 g/mol. The molecule has 4 heterocycles. The lowest BCUT2D eigenvalue weighted by atomic mass is 9.85. The van der Waals surface area contributed by atoms with Crippen molar-refractivity contribution in [3.05, 3.63) is 94.0 Å². The molecule has 0 radical (unpaired) electrons. The summed E-state index contributed by atoms with van der Waals surface area (Å²) in [5.74, 6) is 4.36. The summed E-state index contributed by atoms with van der Waals surface area (Å²) in [6.07, 6.45) is 4.81. The smallest absolute Gasteiger partial charge is 0.303 e. The number of hydrogen-bond donors (Lipinski definition) is 1. The predicted molar refractivity (Wildman–Crippen MR) is 202 cm³/mol. The molecular weight excluding hydrogens is 672 g/mol. The summed E-state index contributed by atoms with van der Waals surface area (Å²) in [7, 11) is 11.1. The zero-order valence-electron chi connectivity index (χ0n) is 31.7. The molecule has 4 aromatic carbocycles. The normalized spacial score (nSPS) is 20.6. The van der Waals surface area contributed by atoms with Crippen LogP contribution >= 0.6 is 0 Å². The summed E-state index contributed by atoms with van der Waals surface area (Å²) in [6.45, 7) is 2.66. The summed E-state index contributed by atoms with van der Waals surface area (Å²) >= 11 is 0. The Kier molecular flexibility index (Phi) is 10.4. The maximum Gasteiger partial charge on any atom is 0.303 e. The molecule has 4 aliphatic heterocycles. The minimum absolute atomic E-state index is 0.0462. The van der Waals surface area contributed by atoms with Gasteiger partial charge in [-0.2, -0.15) is 0 Å². The molecule has 4 aliphatic rings. The van der Waals surface area contributed by atoms with E-state index in [1.54, 1.807) is 28.4 Å². The molecule has 3 unspecified atom stereocenters. The van der Waals surface area contributed by atoms with Crippen LogP contribution in [0.25, 0.3) is 0 Å². The highest BCUT2D eigenvalue weighted by Gasteiger charge is 2.40. The van der Waals surface area contributed by atoms with Crippen LogP contribution in [-0.4, -0.2) is 82.6 Å². The van der Waals surface area contributed by atoms with E-state index in [0.29, 0.717) is 53.1 Å². The molecule has 3 atom stereocenters. The molecule has 8 rings (SSSR count). The summed E-state index contributed by atoms with van der Waals surface area (Å²) in [6, 6.07) is 20.9. The first-order valence-electron chi connectivity index (χ1n) is 18.5. The summed E-state index contributed by atoms with van der Waals surface area (Å²) < 4.78 is 38.3. The van der Waals surface area contributed by atoms with Crippen LogP contribution in [0.1, 0.15) is 64.7 Å². The zero-order chi connectivity index (χ0) is 37.3. The van der Waals surface area contributed by atoms with Gasteiger partial charge < -0.3 is 38.0 Å². The highest BCUT2D eigenvalue weighted by atomic mass is 16.5. The van der Waals surface area contributed by atoms with Crippen molar-refractivity contribution < 1.29 is 42.8 Å². The van der Waals surface area contributed by atoms with Gasteiger partial charge in [0, 0.05) is 43.0 Å². The van der Waals surface area contributed by atoms with Gasteiger partial charge in [-0.15, -0.1) is 0 Å². The number of unbranched alkanes of at least 4 members (excludes halogenated alkanes) is 1. The fourth-order valence-electron chi connectivity index (χ4n) is 8.53. The van der Waals surface area contributed by atoms with E-state index in [0.717, 1.165) is 72.2 Å². The number of quaternary nitrogens is 1. The van der Waals surface area contributed by atoms with Crippen molar-refractivity contribution in [2.24, 2.45) is 0 Å². The quantitative estimate of drug-likeness (QED) is 0.137. The molecule has 10 nitrogen and oxygen atoms in total. The van der Waals surface area contributed by atoms with Crippen molar-refractivity contribution in [2.75, 3.05) is 62.2 Å². The molecule has 0 aliphatic carbocycles. The van der Waals surface area contributed by atoms with Gasteiger partial charge in [-0.05, 0) is 97.4 Å². The first-order chi connectivity index (χ1) is 25.6. The summed E-state index contributed by atoms with van der Waals surface area (Å²) in [4.78, 5) is 13.7. The van der Waals surface area contributed by atoms with E-state index in [9.17, 15) is 9.90 Å². The Hall–Kier alpha value is -4.93. The number of benzene rings is 4. The number of carboxylic acids is 1. The standard InChI is InChI=1S/C43H50N2O8/c1-44-18-16-30-25-39(50-5)42(51-6)43-41(30)33(44)21-28-12-15-35(48-3)37(23-28)52-31-13-10-27(11-14-31)22-34-32-26-38(53-43)36(49-4)24-29(32)17-20-45(34,2)19-8-7-9-40(46)47/h10-15,23-26,33-34H,7-9,16-22H2,1-6H3/p+1. The van der Waals surface area contributed by atoms with Crippen LogP contribution in [0.4, 0.5) is 0 Å². The van der Waals surface area contributed by atoms with Gasteiger partial charge in [0.05, 0.1) is 48.6 Å². The number of nitrogens with zero attached hydrogens (tertiary/aromatic N) is 2. The molecule has 0 saturated heterocycles. The van der Waals surface area contributed by atoms with Gasteiger partial charge in [0.15, 0.2) is 34.5 Å². The fraction of sp³-hybridized carbons (Fsp3) is 0.419. The van der Waals surface area contributed by atoms with Gasteiger partial charge in [-0.1, -0.05) is 18.2 Å². The molecular formula is C43H51N2O8+. The number of carbonyl (C=O) groups is 1. The second kappa shape index (κ2) is 15.2. The van der Waals surface area contributed by atoms with Crippen molar-refractivity contribution in [2.45, 2.75) is 57.0 Å². The Bertz CT molecular complexity index is 1980. The number of rotatable bonds is 9. The van der Waals surface area contributed by atoms with E-state index in [2.05, 4.69) is 61.5 Å². The number of carboxylic acid groups (broad SMARTS) is 1. The predicted octanol–water partition coefficient (Wildman–Crippen LogP) is 7.93. The van der Waals surface area contributed by atoms with Crippen molar-refractivity contribution in [1.82, 2.24) is 4.90 Å². The van der Waals surface area contributed by atoms with Crippen LogP contribution < -0.4 is 28.4 Å². The second-order valence-corrected chi connectivity index (χ2v) is 14.7. The molecule has 0 spiro atoms. The molecule has 1 N–H and O–H groups in total. The fourth-order valence-corrected chi connectivity index (χ4v) is 8.53. The monoisotopic (exact) mass is 723 g/mol. The van der Waals surface area contributed by atoms with Crippen LogP contribution in [-0.2, 0) is 30.5 Å². The minimum Gasteiger partial charge on any atom is -0.493 e.